The van der Waals surface area contributed by atoms with Gasteiger partial charge in [0, 0.05) is 27.7 Å². The van der Waals surface area contributed by atoms with Crippen molar-refractivity contribution in [3.05, 3.63) is 99.1 Å². The number of pyridine rings is 1. The Morgan fingerprint density at radius 3 is 2.59 bits per heavy atom. The molecule has 2 N–H and O–H groups in total. The summed E-state index contributed by atoms with van der Waals surface area (Å²) in [6, 6.07) is 17.9. The molecule has 1 unspecified atom stereocenters. The van der Waals surface area contributed by atoms with Gasteiger partial charge in [-0.05, 0) is 47.2 Å². The van der Waals surface area contributed by atoms with Crippen LogP contribution >= 0.6 is 11.3 Å². The number of hydrogen-bond acceptors (Lipinski definition) is 4. The van der Waals surface area contributed by atoms with Crippen molar-refractivity contribution >= 4 is 34.0 Å². The Hall–Kier alpha value is -3.71. The largest absolute Gasteiger partial charge is 0.479 e. The van der Waals surface area contributed by atoms with Crippen molar-refractivity contribution in [2.24, 2.45) is 0 Å². The Morgan fingerprint density at radius 1 is 1.00 bits per heavy atom. The van der Waals surface area contributed by atoms with E-state index in [0.29, 0.717) is 16.0 Å². The molecule has 0 saturated carbocycles. The van der Waals surface area contributed by atoms with Gasteiger partial charge in [0.2, 0.25) is 0 Å². The number of hydrogen-bond donors (Lipinski definition) is 2. The van der Waals surface area contributed by atoms with Crippen LogP contribution < -0.4 is 10.9 Å². The summed E-state index contributed by atoms with van der Waals surface area (Å²) < 4.78 is 1.47. The molecular weight excluding hydrogens is 388 g/mol. The summed E-state index contributed by atoms with van der Waals surface area (Å²) in [5.74, 6) is -1.66. The fraction of sp³-hybridized carbons (Fsp3) is 0.0455. The van der Waals surface area contributed by atoms with E-state index in [1.165, 1.54) is 15.9 Å². The lowest BCUT2D eigenvalue weighted by Crippen LogP contribution is -2.33. The molecule has 4 rings (SSSR count). The van der Waals surface area contributed by atoms with Crippen LogP contribution in [0.4, 0.5) is 0 Å². The molecule has 0 bridgehead atoms. The van der Waals surface area contributed by atoms with Crippen molar-refractivity contribution < 1.29 is 14.7 Å². The van der Waals surface area contributed by atoms with Crippen LogP contribution in [0.1, 0.15) is 21.3 Å². The smallest absolute Gasteiger partial charge is 0.331 e. The molecule has 0 radical (unpaired) electrons. The van der Waals surface area contributed by atoms with E-state index in [1.807, 2.05) is 18.2 Å². The van der Waals surface area contributed by atoms with E-state index in [9.17, 15) is 19.5 Å². The number of carboxylic acids is 1. The molecule has 0 aliphatic heterocycles. The Labute approximate surface area is 169 Å². The van der Waals surface area contributed by atoms with E-state index in [1.54, 1.807) is 60.1 Å². The van der Waals surface area contributed by atoms with Gasteiger partial charge in [0.05, 0.1) is 0 Å². The summed E-state index contributed by atoms with van der Waals surface area (Å²) in [6.07, 6.45) is 1.66. The second kappa shape index (κ2) is 7.73. The number of fused-ring (bicyclic) bond motifs is 1. The fourth-order valence-electron chi connectivity index (χ4n) is 3.11. The molecule has 1 atom stereocenters. The highest BCUT2D eigenvalue weighted by Gasteiger charge is 2.23. The van der Waals surface area contributed by atoms with Crippen LogP contribution in [0.5, 0.6) is 0 Å². The second-order valence-corrected chi connectivity index (χ2v) is 7.37. The van der Waals surface area contributed by atoms with E-state index in [0.717, 1.165) is 5.39 Å². The van der Waals surface area contributed by atoms with Gasteiger partial charge >= 0.3 is 5.97 Å². The lowest BCUT2D eigenvalue weighted by molar-refractivity contribution is -0.139. The molecule has 2 aromatic heterocycles. The van der Waals surface area contributed by atoms with Gasteiger partial charge in [0.15, 0.2) is 6.04 Å². The second-order valence-electron chi connectivity index (χ2n) is 6.39. The van der Waals surface area contributed by atoms with Gasteiger partial charge in [-0.15, -0.1) is 11.3 Å². The Morgan fingerprint density at radius 2 is 1.83 bits per heavy atom. The quantitative estimate of drug-likeness (QED) is 0.532. The minimum absolute atomic E-state index is 0.192. The molecule has 144 valence electrons. The standard InChI is InChI=1S/C22H16N2O4S/c25-20(23-19(22(27)28)18-9-4-12-29-18)15-6-3-7-16(13-15)24-11-10-14-5-1-2-8-17(14)21(24)26/h1-13,19H,(H,23,25)(H,27,28). The van der Waals surface area contributed by atoms with Crippen molar-refractivity contribution in [3.63, 3.8) is 0 Å². The highest BCUT2D eigenvalue weighted by atomic mass is 32.1. The maximum atomic E-state index is 12.8. The Balaban J connectivity index is 1.67. The summed E-state index contributed by atoms with van der Waals surface area (Å²) in [5, 5.41) is 15.2. The highest BCUT2D eigenvalue weighted by molar-refractivity contribution is 7.10. The Bertz CT molecular complexity index is 1260. The van der Waals surface area contributed by atoms with Crippen molar-refractivity contribution in [2.45, 2.75) is 6.04 Å². The number of carbonyl (C=O) groups excluding carboxylic acids is 1. The molecule has 2 heterocycles. The van der Waals surface area contributed by atoms with Crippen LogP contribution in [0.15, 0.2) is 83.1 Å². The SMILES string of the molecule is O=C(NC(C(=O)O)c1cccs1)c1cccc(-n2ccc3ccccc3c2=O)c1. The van der Waals surface area contributed by atoms with Crippen LogP contribution in [-0.2, 0) is 4.79 Å². The molecule has 7 heteroatoms. The van der Waals surface area contributed by atoms with E-state index in [-0.39, 0.29) is 11.1 Å². The third-order valence-electron chi connectivity index (χ3n) is 4.55. The van der Waals surface area contributed by atoms with E-state index < -0.39 is 17.9 Å². The molecule has 0 saturated heterocycles. The van der Waals surface area contributed by atoms with E-state index >= 15 is 0 Å². The number of amides is 1. The molecule has 29 heavy (non-hydrogen) atoms. The fourth-order valence-corrected chi connectivity index (χ4v) is 3.88. The van der Waals surface area contributed by atoms with Crippen molar-refractivity contribution in [1.29, 1.82) is 0 Å². The first kappa shape index (κ1) is 18.6. The van der Waals surface area contributed by atoms with Gasteiger partial charge < -0.3 is 10.4 Å². The van der Waals surface area contributed by atoms with Crippen LogP contribution in [-0.4, -0.2) is 21.6 Å². The van der Waals surface area contributed by atoms with Crippen molar-refractivity contribution in [1.82, 2.24) is 9.88 Å². The monoisotopic (exact) mass is 404 g/mol. The normalized spacial score (nSPS) is 11.9. The lowest BCUT2D eigenvalue weighted by atomic mass is 10.1. The minimum atomic E-state index is -1.14. The van der Waals surface area contributed by atoms with Gasteiger partial charge in [-0.2, -0.15) is 0 Å². The molecule has 6 nitrogen and oxygen atoms in total. The highest BCUT2D eigenvalue weighted by Crippen LogP contribution is 2.20. The van der Waals surface area contributed by atoms with Crippen LogP contribution in [0.25, 0.3) is 16.5 Å². The first-order chi connectivity index (χ1) is 14.0. The summed E-state index contributed by atoms with van der Waals surface area (Å²) >= 11 is 1.26. The molecule has 4 aromatic rings. The van der Waals surface area contributed by atoms with Crippen molar-refractivity contribution in [2.75, 3.05) is 0 Å². The number of aliphatic carboxylic acids is 1. The van der Waals surface area contributed by atoms with Gasteiger partial charge in [-0.25, -0.2) is 4.79 Å². The molecule has 0 aliphatic carbocycles. The van der Waals surface area contributed by atoms with Crippen LogP contribution in [0.3, 0.4) is 0 Å². The van der Waals surface area contributed by atoms with Gasteiger partial charge in [0.25, 0.3) is 11.5 Å². The number of nitrogens with zero attached hydrogens (tertiary/aromatic N) is 1. The molecule has 2 aromatic carbocycles. The van der Waals surface area contributed by atoms with E-state index in [2.05, 4.69) is 5.32 Å². The van der Waals surface area contributed by atoms with Crippen molar-refractivity contribution in [3.8, 4) is 5.69 Å². The van der Waals surface area contributed by atoms with Gasteiger partial charge in [-0.1, -0.05) is 30.3 Å². The maximum Gasteiger partial charge on any atom is 0.331 e. The number of carboxylic acid groups (broad SMARTS) is 1. The number of aromatic nitrogens is 1. The zero-order chi connectivity index (χ0) is 20.4. The summed E-state index contributed by atoms with van der Waals surface area (Å²) in [4.78, 5) is 37.6. The predicted octanol–water partition coefficient (Wildman–Crippen LogP) is 3.61. The number of rotatable bonds is 5. The summed E-state index contributed by atoms with van der Waals surface area (Å²) in [5.41, 5.74) is 0.601. The third kappa shape index (κ3) is 3.68. The lowest BCUT2D eigenvalue weighted by Gasteiger charge is -2.14. The molecule has 0 fully saturated rings. The number of thiophene rings is 1. The first-order valence-corrected chi connectivity index (χ1v) is 9.70. The average Bonchev–Trinajstić information content (AvgIpc) is 3.26. The zero-order valence-electron chi connectivity index (χ0n) is 15.1. The van der Waals surface area contributed by atoms with E-state index in [4.69, 9.17) is 0 Å². The van der Waals surface area contributed by atoms with Crippen LogP contribution in [0.2, 0.25) is 0 Å². The average molecular weight is 404 g/mol. The summed E-state index contributed by atoms with van der Waals surface area (Å²) in [6.45, 7) is 0. The van der Waals surface area contributed by atoms with Gasteiger partial charge in [-0.3, -0.25) is 14.2 Å². The third-order valence-corrected chi connectivity index (χ3v) is 5.49. The topological polar surface area (TPSA) is 88.4 Å². The molecule has 1 amide bonds. The number of nitrogens with one attached hydrogen (secondary N) is 1. The Kier molecular flexibility index (Phi) is 4.97. The first-order valence-electron chi connectivity index (χ1n) is 8.82. The van der Waals surface area contributed by atoms with Crippen LogP contribution in [0, 0.1) is 0 Å². The van der Waals surface area contributed by atoms with Gasteiger partial charge in [0.1, 0.15) is 0 Å². The number of carbonyl (C=O) groups is 2. The minimum Gasteiger partial charge on any atom is -0.479 e. The zero-order valence-corrected chi connectivity index (χ0v) is 15.9. The maximum absolute atomic E-state index is 12.8. The molecule has 0 aliphatic rings. The molecular formula is C22H16N2O4S. The summed E-state index contributed by atoms with van der Waals surface area (Å²) in [7, 11) is 0. The molecule has 0 spiro atoms. The number of benzene rings is 2. The predicted molar refractivity (Wildman–Crippen MR) is 112 cm³/mol.